The van der Waals surface area contributed by atoms with Gasteiger partial charge in [-0.25, -0.2) is 12.8 Å². The fourth-order valence-electron chi connectivity index (χ4n) is 1.81. The van der Waals surface area contributed by atoms with Gasteiger partial charge >= 0.3 is 0 Å². The van der Waals surface area contributed by atoms with Crippen molar-refractivity contribution in [1.82, 2.24) is 4.37 Å². The van der Waals surface area contributed by atoms with Gasteiger partial charge in [0, 0.05) is 19.8 Å². The zero-order chi connectivity index (χ0) is 14.9. The van der Waals surface area contributed by atoms with E-state index in [-0.39, 0.29) is 16.5 Å². The van der Waals surface area contributed by atoms with Gasteiger partial charge in [-0.05, 0) is 29.2 Å². The van der Waals surface area contributed by atoms with Crippen LogP contribution in [0.5, 0.6) is 0 Å². The van der Waals surface area contributed by atoms with E-state index in [1.165, 1.54) is 12.1 Å². The predicted octanol–water partition coefficient (Wildman–Crippen LogP) is 1.90. The van der Waals surface area contributed by atoms with Crippen LogP contribution in [0.15, 0.2) is 29.2 Å². The molecular weight excluding hydrogens is 301 g/mol. The maximum absolute atomic E-state index is 12.9. The van der Waals surface area contributed by atoms with Crippen molar-refractivity contribution in [1.29, 1.82) is 0 Å². The molecule has 0 amide bonds. The molecule has 0 aliphatic rings. The number of anilines is 2. The molecule has 20 heavy (non-hydrogen) atoms. The fourth-order valence-corrected chi connectivity index (χ4v) is 4.00. The van der Waals surface area contributed by atoms with E-state index in [1.807, 2.05) is 0 Å². The highest BCUT2D eigenvalue weighted by Crippen LogP contribution is 2.34. The number of sulfone groups is 1. The Balaban J connectivity index is 2.30. The molecule has 2 N–H and O–H groups in total. The second kappa shape index (κ2) is 5.37. The minimum absolute atomic E-state index is 0.0125. The zero-order valence-electron chi connectivity index (χ0n) is 11.0. The first-order valence-electron chi connectivity index (χ1n) is 5.70. The van der Waals surface area contributed by atoms with Crippen LogP contribution in [0, 0.1) is 5.82 Å². The summed E-state index contributed by atoms with van der Waals surface area (Å²) in [6.07, 6.45) is 1.10. The van der Waals surface area contributed by atoms with Gasteiger partial charge in [0.2, 0.25) is 0 Å². The average Bonchev–Trinajstić information content (AvgIpc) is 2.74. The standard InChI is InChI=1S/C12H14FN3O2S2/c1-16(7-8-3-5-9(13)6-4-8)12-10(20(2,17)18)11(14)15-19-12/h3-6H,7H2,1-2H3,(H2,14,15). The number of benzene rings is 1. The molecule has 2 rings (SSSR count). The lowest BCUT2D eigenvalue weighted by molar-refractivity contribution is 0.602. The lowest BCUT2D eigenvalue weighted by atomic mass is 10.2. The van der Waals surface area contributed by atoms with E-state index < -0.39 is 9.84 Å². The molecule has 0 aliphatic heterocycles. The Bertz CT molecular complexity index is 711. The third kappa shape index (κ3) is 3.07. The second-order valence-electron chi connectivity index (χ2n) is 4.46. The molecule has 0 aliphatic carbocycles. The van der Waals surface area contributed by atoms with Gasteiger partial charge in [0.1, 0.15) is 15.7 Å². The molecule has 0 radical (unpaired) electrons. The quantitative estimate of drug-likeness (QED) is 0.932. The largest absolute Gasteiger partial charge is 0.382 e. The summed E-state index contributed by atoms with van der Waals surface area (Å²) in [7, 11) is -1.70. The molecule has 8 heteroatoms. The molecule has 1 aromatic heterocycles. The van der Waals surface area contributed by atoms with Crippen LogP contribution < -0.4 is 10.6 Å². The highest BCUT2D eigenvalue weighted by atomic mass is 32.2. The number of nitrogen functional groups attached to an aromatic ring is 1. The first kappa shape index (κ1) is 14.7. The Kier molecular flexibility index (Phi) is 3.96. The molecule has 2 aromatic rings. The highest BCUT2D eigenvalue weighted by molar-refractivity contribution is 7.91. The highest BCUT2D eigenvalue weighted by Gasteiger charge is 2.23. The number of nitrogens with two attached hydrogens (primary N) is 1. The van der Waals surface area contributed by atoms with E-state index in [0.717, 1.165) is 23.4 Å². The van der Waals surface area contributed by atoms with Crippen molar-refractivity contribution < 1.29 is 12.8 Å². The maximum atomic E-state index is 12.9. The van der Waals surface area contributed by atoms with Gasteiger partial charge in [0.05, 0.1) is 0 Å². The topological polar surface area (TPSA) is 76.3 Å². The molecule has 1 heterocycles. The number of nitrogens with zero attached hydrogens (tertiary/aromatic N) is 2. The summed E-state index contributed by atoms with van der Waals surface area (Å²) in [5.41, 5.74) is 6.48. The smallest absolute Gasteiger partial charge is 0.182 e. The van der Waals surface area contributed by atoms with Crippen molar-refractivity contribution in [3.63, 3.8) is 0 Å². The number of hydrogen-bond acceptors (Lipinski definition) is 6. The van der Waals surface area contributed by atoms with Crippen LogP contribution in [0.25, 0.3) is 0 Å². The van der Waals surface area contributed by atoms with Gasteiger partial charge in [-0.2, -0.15) is 4.37 Å². The van der Waals surface area contributed by atoms with Crippen molar-refractivity contribution in [3.8, 4) is 0 Å². The summed E-state index contributed by atoms with van der Waals surface area (Å²) in [4.78, 5) is 1.78. The van der Waals surface area contributed by atoms with Crippen LogP contribution >= 0.6 is 11.5 Å². The van der Waals surface area contributed by atoms with Gasteiger partial charge in [-0.15, -0.1) is 0 Å². The summed E-state index contributed by atoms with van der Waals surface area (Å²) in [5.74, 6) is -0.297. The molecule has 5 nitrogen and oxygen atoms in total. The Morgan fingerprint density at radius 3 is 2.50 bits per heavy atom. The van der Waals surface area contributed by atoms with Crippen LogP contribution in [0.4, 0.5) is 15.2 Å². The van der Waals surface area contributed by atoms with Crippen molar-refractivity contribution in [3.05, 3.63) is 35.6 Å². The monoisotopic (exact) mass is 315 g/mol. The third-order valence-corrected chi connectivity index (χ3v) is 4.96. The SMILES string of the molecule is CN(Cc1ccc(F)cc1)c1snc(N)c1S(C)(=O)=O. The van der Waals surface area contributed by atoms with Crippen LogP contribution in [-0.4, -0.2) is 26.1 Å². The summed E-state index contributed by atoms with van der Waals surface area (Å²) in [6.45, 7) is 0.435. The van der Waals surface area contributed by atoms with Gasteiger partial charge in [0.15, 0.2) is 15.7 Å². The van der Waals surface area contributed by atoms with E-state index in [0.29, 0.717) is 11.5 Å². The first-order chi connectivity index (χ1) is 9.29. The summed E-state index contributed by atoms with van der Waals surface area (Å²) >= 11 is 1.03. The molecular formula is C12H14FN3O2S2. The molecule has 0 spiro atoms. The lowest BCUT2D eigenvalue weighted by Gasteiger charge is -2.18. The molecule has 108 valence electrons. The number of aromatic nitrogens is 1. The summed E-state index contributed by atoms with van der Waals surface area (Å²) in [5, 5.41) is 0.481. The maximum Gasteiger partial charge on any atom is 0.182 e. The van der Waals surface area contributed by atoms with Gasteiger partial charge in [-0.1, -0.05) is 12.1 Å². The normalized spacial score (nSPS) is 11.6. The Labute approximate surface area is 120 Å². The molecule has 0 saturated heterocycles. The molecule has 1 aromatic carbocycles. The van der Waals surface area contributed by atoms with E-state index in [1.54, 1.807) is 24.1 Å². The summed E-state index contributed by atoms with van der Waals surface area (Å²) < 4.78 is 40.2. The van der Waals surface area contributed by atoms with Gasteiger partial charge < -0.3 is 10.6 Å². The van der Waals surface area contributed by atoms with Gasteiger partial charge in [0.25, 0.3) is 0 Å². The van der Waals surface area contributed by atoms with E-state index in [4.69, 9.17) is 5.73 Å². The molecule has 0 saturated carbocycles. The Hall–Kier alpha value is -1.67. The Morgan fingerprint density at radius 2 is 1.95 bits per heavy atom. The summed E-state index contributed by atoms with van der Waals surface area (Å²) in [6, 6.07) is 6.02. The van der Waals surface area contributed by atoms with Gasteiger partial charge in [-0.3, -0.25) is 0 Å². The van der Waals surface area contributed by atoms with Crippen LogP contribution in [0.2, 0.25) is 0 Å². The van der Waals surface area contributed by atoms with Crippen molar-refractivity contribution in [2.45, 2.75) is 11.4 Å². The predicted molar refractivity (Wildman–Crippen MR) is 78.1 cm³/mol. The van der Waals surface area contributed by atoms with Crippen LogP contribution in [0.1, 0.15) is 5.56 Å². The second-order valence-corrected chi connectivity index (χ2v) is 7.16. The lowest BCUT2D eigenvalue weighted by Crippen LogP contribution is -2.17. The first-order valence-corrected chi connectivity index (χ1v) is 8.36. The van der Waals surface area contributed by atoms with E-state index in [9.17, 15) is 12.8 Å². The van der Waals surface area contributed by atoms with Crippen LogP contribution in [-0.2, 0) is 16.4 Å². The number of hydrogen-bond donors (Lipinski definition) is 1. The van der Waals surface area contributed by atoms with Crippen molar-refractivity contribution in [2.75, 3.05) is 23.9 Å². The van der Waals surface area contributed by atoms with Crippen molar-refractivity contribution in [2.24, 2.45) is 0 Å². The minimum atomic E-state index is -3.44. The fraction of sp³-hybridized carbons (Fsp3) is 0.250. The number of rotatable bonds is 4. The van der Waals surface area contributed by atoms with Crippen molar-refractivity contribution >= 4 is 32.2 Å². The Morgan fingerprint density at radius 1 is 1.35 bits per heavy atom. The van der Waals surface area contributed by atoms with E-state index in [2.05, 4.69) is 4.37 Å². The van der Waals surface area contributed by atoms with E-state index >= 15 is 0 Å². The molecule has 0 bridgehead atoms. The molecule has 0 fully saturated rings. The molecule has 0 unspecified atom stereocenters. The average molecular weight is 315 g/mol. The number of halogens is 1. The third-order valence-electron chi connectivity index (χ3n) is 2.71. The zero-order valence-corrected chi connectivity index (χ0v) is 12.6. The molecule has 0 atom stereocenters. The minimum Gasteiger partial charge on any atom is -0.382 e. The van der Waals surface area contributed by atoms with Crippen LogP contribution in [0.3, 0.4) is 0 Å².